The van der Waals surface area contributed by atoms with Crippen molar-refractivity contribution in [2.24, 2.45) is 11.8 Å². The Morgan fingerprint density at radius 3 is 2.32 bits per heavy atom. The van der Waals surface area contributed by atoms with Gasteiger partial charge in [0, 0.05) is 10.9 Å². The van der Waals surface area contributed by atoms with Crippen molar-refractivity contribution in [2.45, 2.75) is 32.8 Å². The average molecular weight is 329 g/mol. The second-order valence-electron chi connectivity index (χ2n) is 5.41. The SMILES string of the molecule is COC(=O)C(C(C)C)C(C)(O)Cc1ccc(Br)cc1. The highest BCUT2D eigenvalue weighted by molar-refractivity contribution is 9.10. The van der Waals surface area contributed by atoms with Crippen molar-refractivity contribution in [3.63, 3.8) is 0 Å². The van der Waals surface area contributed by atoms with Gasteiger partial charge in [-0.25, -0.2) is 0 Å². The summed E-state index contributed by atoms with van der Waals surface area (Å²) in [5, 5.41) is 10.7. The van der Waals surface area contributed by atoms with Crippen LogP contribution in [0.2, 0.25) is 0 Å². The van der Waals surface area contributed by atoms with Gasteiger partial charge >= 0.3 is 5.97 Å². The molecule has 2 atom stereocenters. The molecule has 0 aliphatic carbocycles. The van der Waals surface area contributed by atoms with E-state index in [4.69, 9.17) is 4.74 Å². The molecule has 0 saturated heterocycles. The predicted molar refractivity (Wildman–Crippen MR) is 78.8 cm³/mol. The van der Waals surface area contributed by atoms with Crippen LogP contribution in [0.4, 0.5) is 0 Å². The molecule has 2 unspecified atom stereocenters. The summed E-state index contributed by atoms with van der Waals surface area (Å²) in [7, 11) is 1.35. The molecule has 0 aliphatic rings. The van der Waals surface area contributed by atoms with E-state index in [9.17, 15) is 9.90 Å². The lowest BCUT2D eigenvalue weighted by atomic mass is 9.77. The fourth-order valence-corrected chi connectivity index (χ4v) is 2.76. The lowest BCUT2D eigenvalue weighted by molar-refractivity contribution is -0.157. The minimum atomic E-state index is -1.13. The van der Waals surface area contributed by atoms with Crippen LogP contribution in [-0.2, 0) is 16.0 Å². The minimum Gasteiger partial charge on any atom is -0.469 e. The van der Waals surface area contributed by atoms with Crippen LogP contribution in [0.15, 0.2) is 28.7 Å². The molecule has 0 bridgehead atoms. The topological polar surface area (TPSA) is 46.5 Å². The van der Waals surface area contributed by atoms with Crippen molar-refractivity contribution in [3.05, 3.63) is 34.3 Å². The van der Waals surface area contributed by atoms with Gasteiger partial charge in [-0.15, -0.1) is 0 Å². The normalized spacial score (nSPS) is 15.9. The molecule has 3 nitrogen and oxygen atoms in total. The summed E-state index contributed by atoms with van der Waals surface area (Å²) in [4.78, 5) is 11.9. The number of aliphatic hydroxyl groups is 1. The van der Waals surface area contributed by atoms with Gasteiger partial charge < -0.3 is 9.84 Å². The van der Waals surface area contributed by atoms with E-state index in [-0.39, 0.29) is 11.9 Å². The number of rotatable bonds is 5. The van der Waals surface area contributed by atoms with E-state index in [1.807, 2.05) is 38.1 Å². The highest BCUT2D eigenvalue weighted by Crippen LogP contribution is 2.30. The number of halogens is 1. The number of hydrogen-bond acceptors (Lipinski definition) is 3. The second-order valence-corrected chi connectivity index (χ2v) is 6.32. The molecule has 1 aromatic rings. The maximum atomic E-state index is 11.9. The van der Waals surface area contributed by atoms with Crippen LogP contribution in [0.3, 0.4) is 0 Å². The van der Waals surface area contributed by atoms with Gasteiger partial charge in [-0.1, -0.05) is 41.9 Å². The number of carbonyl (C=O) groups excluding carboxylic acids is 1. The van der Waals surface area contributed by atoms with E-state index in [1.165, 1.54) is 7.11 Å². The summed E-state index contributed by atoms with van der Waals surface area (Å²) in [6.07, 6.45) is 0.415. The fraction of sp³-hybridized carbons (Fsp3) is 0.533. The third-order valence-electron chi connectivity index (χ3n) is 3.27. The number of esters is 1. The molecule has 0 aliphatic heterocycles. The van der Waals surface area contributed by atoms with Crippen molar-refractivity contribution in [3.8, 4) is 0 Å². The Balaban J connectivity index is 2.94. The van der Waals surface area contributed by atoms with Gasteiger partial charge in [-0.3, -0.25) is 4.79 Å². The first-order valence-corrected chi connectivity index (χ1v) is 7.12. The summed E-state index contributed by atoms with van der Waals surface area (Å²) < 4.78 is 5.80. The zero-order valence-electron chi connectivity index (χ0n) is 11.8. The summed E-state index contributed by atoms with van der Waals surface area (Å²) in [6, 6.07) is 7.72. The predicted octanol–water partition coefficient (Wildman–Crippen LogP) is 3.19. The van der Waals surface area contributed by atoms with Crippen molar-refractivity contribution in [2.75, 3.05) is 7.11 Å². The molecule has 0 fully saturated rings. The molecule has 0 saturated carbocycles. The van der Waals surface area contributed by atoms with Gasteiger partial charge in [0.15, 0.2) is 0 Å². The number of ether oxygens (including phenoxy) is 1. The van der Waals surface area contributed by atoms with Crippen molar-refractivity contribution in [1.29, 1.82) is 0 Å². The van der Waals surface area contributed by atoms with Crippen LogP contribution in [0.1, 0.15) is 26.3 Å². The highest BCUT2D eigenvalue weighted by atomic mass is 79.9. The van der Waals surface area contributed by atoms with E-state index >= 15 is 0 Å². The van der Waals surface area contributed by atoms with Gasteiger partial charge in [0.1, 0.15) is 0 Å². The maximum absolute atomic E-state index is 11.9. The molecule has 0 radical (unpaired) electrons. The molecule has 19 heavy (non-hydrogen) atoms. The van der Waals surface area contributed by atoms with Crippen LogP contribution in [-0.4, -0.2) is 23.8 Å². The van der Waals surface area contributed by atoms with E-state index in [0.29, 0.717) is 6.42 Å². The second kappa shape index (κ2) is 6.53. The van der Waals surface area contributed by atoms with Crippen LogP contribution >= 0.6 is 15.9 Å². The first kappa shape index (κ1) is 16.2. The molecule has 106 valence electrons. The Hall–Kier alpha value is -0.870. The van der Waals surface area contributed by atoms with Gasteiger partial charge in [-0.05, 0) is 30.5 Å². The summed E-state index contributed by atoms with van der Waals surface area (Å²) in [5.41, 5.74) is -0.141. The molecule has 1 N–H and O–H groups in total. The minimum absolute atomic E-state index is 0.0119. The lowest BCUT2D eigenvalue weighted by Crippen LogP contribution is -2.45. The zero-order chi connectivity index (χ0) is 14.6. The standard InChI is InChI=1S/C15H21BrO3/c1-10(2)13(14(17)19-4)15(3,18)9-11-5-7-12(16)8-6-11/h5-8,10,13,18H,9H2,1-4H3. The fourth-order valence-electron chi connectivity index (χ4n) is 2.50. The molecule has 1 rings (SSSR count). The Kier molecular flexibility index (Phi) is 5.56. The number of carbonyl (C=O) groups is 1. The van der Waals surface area contributed by atoms with Crippen LogP contribution in [0.5, 0.6) is 0 Å². The van der Waals surface area contributed by atoms with Crippen LogP contribution < -0.4 is 0 Å². The first-order valence-electron chi connectivity index (χ1n) is 6.32. The van der Waals surface area contributed by atoms with Crippen molar-refractivity contribution >= 4 is 21.9 Å². The zero-order valence-corrected chi connectivity index (χ0v) is 13.4. The smallest absolute Gasteiger partial charge is 0.311 e. The molecule has 1 aromatic carbocycles. The van der Waals surface area contributed by atoms with Crippen LogP contribution in [0, 0.1) is 11.8 Å². The number of methoxy groups -OCH3 is 1. The largest absolute Gasteiger partial charge is 0.469 e. The Morgan fingerprint density at radius 1 is 1.37 bits per heavy atom. The van der Waals surface area contributed by atoms with Gasteiger partial charge in [0.25, 0.3) is 0 Å². The molecule has 0 aromatic heterocycles. The number of hydrogen-bond donors (Lipinski definition) is 1. The van der Waals surface area contributed by atoms with Crippen LogP contribution in [0.25, 0.3) is 0 Å². The van der Waals surface area contributed by atoms with Gasteiger partial charge in [-0.2, -0.15) is 0 Å². The monoisotopic (exact) mass is 328 g/mol. The molecule has 4 heteroatoms. The quantitative estimate of drug-likeness (QED) is 0.844. The lowest BCUT2D eigenvalue weighted by Gasteiger charge is -2.33. The first-order chi connectivity index (χ1) is 8.77. The summed E-state index contributed by atoms with van der Waals surface area (Å²) in [5.74, 6) is -0.892. The Bertz CT molecular complexity index is 424. The average Bonchev–Trinajstić information content (AvgIpc) is 2.30. The molecule has 0 heterocycles. The summed E-state index contributed by atoms with van der Waals surface area (Å²) in [6.45, 7) is 5.52. The number of benzene rings is 1. The van der Waals surface area contributed by atoms with E-state index in [0.717, 1.165) is 10.0 Å². The Morgan fingerprint density at radius 2 is 1.89 bits per heavy atom. The van der Waals surface area contributed by atoms with E-state index in [2.05, 4.69) is 15.9 Å². The van der Waals surface area contributed by atoms with E-state index < -0.39 is 11.5 Å². The molecule has 0 spiro atoms. The van der Waals surface area contributed by atoms with Gasteiger partial charge in [0.05, 0.1) is 18.6 Å². The van der Waals surface area contributed by atoms with Gasteiger partial charge in [0.2, 0.25) is 0 Å². The maximum Gasteiger partial charge on any atom is 0.311 e. The molecular weight excluding hydrogens is 308 g/mol. The third kappa shape index (κ3) is 4.32. The Labute approximate surface area is 123 Å². The molecule has 0 amide bonds. The molecular formula is C15H21BrO3. The summed E-state index contributed by atoms with van der Waals surface area (Å²) >= 11 is 3.38. The highest BCUT2D eigenvalue weighted by Gasteiger charge is 2.40. The third-order valence-corrected chi connectivity index (χ3v) is 3.80. The van der Waals surface area contributed by atoms with Crippen molar-refractivity contribution < 1.29 is 14.6 Å². The van der Waals surface area contributed by atoms with Crippen molar-refractivity contribution in [1.82, 2.24) is 0 Å². The van der Waals surface area contributed by atoms with E-state index in [1.54, 1.807) is 6.92 Å².